The van der Waals surface area contributed by atoms with Crippen LogP contribution in [0.5, 0.6) is 0 Å². The number of carboxylic acid groups (broad SMARTS) is 1. The molecule has 1 aromatic rings. The number of amides is 1. The second-order valence-electron chi connectivity index (χ2n) is 6.80. The van der Waals surface area contributed by atoms with E-state index in [1.807, 2.05) is 6.92 Å². The molecule has 1 amide bonds. The highest BCUT2D eigenvalue weighted by molar-refractivity contribution is 5.87. The van der Waals surface area contributed by atoms with Gasteiger partial charge in [0.1, 0.15) is 5.60 Å². The fraction of sp³-hybridized carbons (Fsp3) is 0.562. The molecule has 1 aromatic heterocycles. The van der Waals surface area contributed by atoms with Gasteiger partial charge in [-0.1, -0.05) is 0 Å². The summed E-state index contributed by atoms with van der Waals surface area (Å²) in [5.41, 5.74) is -0.773. The highest BCUT2D eigenvalue weighted by Gasteiger charge is 2.32. The lowest BCUT2D eigenvalue weighted by Gasteiger charge is -2.40. The van der Waals surface area contributed by atoms with Crippen LogP contribution in [-0.4, -0.2) is 58.3 Å². The number of pyridine rings is 1. The Morgan fingerprint density at radius 3 is 2.54 bits per heavy atom. The molecule has 1 fully saturated rings. The summed E-state index contributed by atoms with van der Waals surface area (Å²) in [6, 6.07) is 0.768. The lowest BCUT2D eigenvalue weighted by molar-refractivity contribution is 0.0158. The second-order valence-corrected chi connectivity index (χ2v) is 6.80. The summed E-state index contributed by atoms with van der Waals surface area (Å²) in [7, 11) is 0. The highest BCUT2D eigenvalue weighted by Crippen LogP contribution is 2.22. The Balaban J connectivity index is 2.08. The number of carboxylic acids is 1. The molecular formula is C16H22FN3O4. The van der Waals surface area contributed by atoms with Gasteiger partial charge < -0.3 is 19.6 Å². The maximum atomic E-state index is 14.1. The molecule has 2 rings (SSSR count). The van der Waals surface area contributed by atoms with Crippen LogP contribution in [0.3, 0.4) is 0 Å². The second kappa shape index (κ2) is 6.62. The number of nitrogens with zero attached hydrogens (tertiary/aromatic N) is 3. The van der Waals surface area contributed by atoms with Crippen LogP contribution < -0.4 is 4.90 Å². The fourth-order valence-electron chi connectivity index (χ4n) is 2.52. The van der Waals surface area contributed by atoms with E-state index in [0.29, 0.717) is 19.6 Å². The molecule has 0 aromatic carbocycles. The number of carbonyl (C=O) groups excluding carboxylic acids is 1. The first-order valence-electron chi connectivity index (χ1n) is 7.72. The third-order valence-electron chi connectivity index (χ3n) is 3.62. The molecule has 1 atom stereocenters. The molecule has 1 unspecified atom stereocenters. The Morgan fingerprint density at radius 2 is 2.04 bits per heavy atom. The molecule has 132 valence electrons. The highest BCUT2D eigenvalue weighted by atomic mass is 19.1. The van der Waals surface area contributed by atoms with Gasteiger partial charge in [-0.25, -0.2) is 19.0 Å². The third-order valence-corrected chi connectivity index (χ3v) is 3.62. The number of carbonyl (C=O) groups is 2. The number of anilines is 1. The molecule has 24 heavy (non-hydrogen) atoms. The SMILES string of the molecule is CC1CN(c2ncc(C(=O)O)cc2F)CCN1C(=O)OC(C)(C)C. The summed E-state index contributed by atoms with van der Waals surface area (Å²) < 4.78 is 19.5. The number of ether oxygens (including phenoxy) is 1. The zero-order chi connectivity index (χ0) is 18.1. The minimum atomic E-state index is -1.23. The van der Waals surface area contributed by atoms with Crippen molar-refractivity contribution in [2.45, 2.75) is 39.3 Å². The van der Waals surface area contributed by atoms with Crippen molar-refractivity contribution in [1.29, 1.82) is 0 Å². The number of piperazine rings is 1. The first-order chi connectivity index (χ1) is 11.1. The van der Waals surface area contributed by atoms with E-state index in [-0.39, 0.29) is 17.4 Å². The summed E-state index contributed by atoms with van der Waals surface area (Å²) in [5.74, 6) is -1.82. The van der Waals surface area contributed by atoms with Gasteiger partial charge in [-0.2, -0.15) is 0 Å². The Labute approximate surface area is 140 Å². The maximum absolute atomic E-state index is 14.1. The van der Waals surface area contributed by atoms with E-state index in [2.05, 4.69) is 4.98 Å². The summed E-state index contributed by atoms with van der Waals surface area (Å²) in [5, 5.41) is 8.86. The molecule has 1 saturated heterocycles. The molecule has 0 bridgehead atoms. The molecule has 1 N–H and O–H groups in total. The Morgan fingerprint density at radius 1 is 1.38 bits per heavy atom. The molecular weight excluding hydrogens is 317 g/mol. The number of rotatable bonds is 2. The minimum absolute atomic E-state index is 0.0932. The predicted molar refractivity (Wildman–Crippen MR) is 85.8 cm³/mol. The van der Waals surface area contributed by atoms with Gasteiger partial charge in [0.05, 0.1) is 5.56 Å². The van der Waals surface area contributed by atoms with Crippen molar-refractivity contribution in [3.8, 4) is 0 Å². The summed E-state index contributed by atoms with van der Waals surface area (Å²) in [6.07, 6.45) is 0.732. The van der Waals surface area contributed by atoms with E-state index >= 15 is 0 Å². The molecule has 0 spiro atoms. The van der Waals surface area contributed by atoms with Gasteiger partial charge in [0.15, 0.2) is 11.6 Å². The van der Waals surface area contributed by atoms with Crippen molar-refractivity contribution in [3.63, 3.8) is 0 Å². The minimum Gasteiger partial charge on any atom is -0.478 e. The molecule has 8 heteroatoms. The van der Waals surface area contributed by atoms with Crippen molar-refractivity contribution in [1.82, 2.24) is 9.88 Å². The summed E-state index contributed by atoms with van der Waals surface area (Å²) in [6.45, 7) is 8.40. The number of halogens is 1. The van der Waals surface area contributed by atoms with Crippen LogP contribution in [-0.2, 0) is 4.74 Å². The molecule has 1 aliphatic rings. The van der Waals surface area contributed by atoms with Gasteiger partial charge in [-0.05, 0) is 33.8 Å². The van der Waals surface area contributed by atoms with E-state index in [9.17, 15) is 14.0 Å². The van der Waals surface area contributed by atoms with Crippen LogP contribution in [0.15, 0.2) is 12.3 Å². The zero-order valence-electron chi connectivity index (χ0n) is 14.2. The van der Waals surface area contributed by atoms with Crippen LogP contribution in [0, 0.1) is 5.82 Å². The molecule has 7 nitrogen and oxygen atoms in total. The lowest BCUT2D eigenvalue weighted by atomic mass is 10.2. The van der Waals surface area contributed by atoms with Crippen LogP contribution in [0.1, 0.15) is 38.1 Å². The number of hydrogen-bond donors (Lipinski definition) is 1. The average Bonchev–Trinajstić information content (AvgIpc) is 2.44. The number of aromatic carboxylic acids is 1. The third kappa shape index (κ3) is 4.12. The van der Waals surface area contributed by atoms with Crippen molar-refractivity contribution in [2.75, 3.05) is 24.5 Å². The molecule has 0 aliphatic carbocycles. The fourth-order valence-corrected chi connectivity index (χ4v) is 2.52. The lowest BCUT2D eigenvalue weighted by Crippen LogP contribution is -2.55. The van der Waals surface area contributed by atoms with E-state index in [1.165, 1.54) is 0 Å². The van der Waals surface area contributed by atoms with Gasteiger partial charge in [-0.15, -0.1) is 0 Å². The average molecular weight is 339 g/mol. The van der Waals surface area contributed by atoms with E-state index in [0.717, 1.165) is 12.3 Å². The van der Waals surface area contributed by atoms with Gasteiger partial charge in [0.2, 0.25) is 0 Å². The Hall–Kier alpha value is -2.38. The maximum Gasteiger partial charge on any atom is 0.410 e. The van der Waals surface area contributed by atoms with E-state index < -0.39 is 23.5 Å². The predicted octanol–water partition coefficient (Wildman–Crippen LogP) is 2.36. The van der Waals surface area contributed by atoms with E-state index in [4.69, 9.17) is 9.84 Å². The quantitative estimate of drug-likeness (QED) is 0.891. The first-order valence-corrected chi connectivity index (χ1v) is 7.72. The van der Waals surface area contributed by atoms with Crippen LogP contribution >= 0.6 is 0 Å². The topological polar surface area (TPSA) is 83.0 Å². The van der Waals surface area contributed by atoms with Crippen molar-refractivity contribution >= 4 is 17.9 Å². The van der Waals surface area contributed by atoms with Crippen molar-refractivity contribution < 1.29 is 23.8 Å². The number of aromatic nitrogens is 1. The van der Waals surface area contributed by atoms with Crippen molar-refractivity contribution in [2.24, 2.45) is 0 Å². The Kier molecular flexibility index (Phi) is 4.96. The van der Waals surface area contributed by atoms with E-state index in [1.54, 1.807) is 30.6 Å². The van der Waals surface area contributed by atoms with Crippen LogP contribution in [0.4, 0.5) is 15.0 Å². The Bertz CT molecular complexity index is 645. The monoisotopic (exact) mass is 339 g/mol. The summed E-state index contributed by atoms with van der Waals surface area (Å²) in [4.78, 5) is 30.3. The zero-order valence-corrected chi connectivity index (χ0v) is 14.2. The van der Waals surface area contributed by atoms with Gasteiger partial charge >= 0.3 is 12.1 Å². The smallest absolute Gasteiger partial charge is 0.410 e. The van der Waals surface area contributed by atoms with Crippen LogP contribution in [0.25, 0.3) is 0 Å². The number of hydrogen-bond acceptors (Lipinski definition) is 5. The standard InChI is InChI=1S/C16H22FN3O4/c1-10-9-19(5-6-20(10)15(23)24-16(2,3)4)13-12(17)7-11(8-18-13)14(21)22/h7-8,10H,5-6,9H2,1-4H3,(H,21,22). The first kappa shape index (κ1) is 18.0. The summed E-state index contributed by atoms with van der Waals surface area (Å²) >= 11 is 0. The normalized spacial score (nSPS) is 18.5. The molecule has 0 saturated carbocycles. The van der Waals surface area contributed by atoms with Crippen LogP contribution in [0.2, 0.25) is 0 Å². The molecule has 1 aliphatic heterocycles. The van der Waals surface area contributed by atoms with Gasteiger partial charge in [0.25, 0.3) is 0 Å². The molecule has 2 heterocycles. The van der Waals surface area contributed by atoms with Gasteiger partial charge in [-0.3, -0.25) is 0 Å². The van der Waals surface area contributed by atoms with Crippen molar-refractivity contribution in [3.05, 3.63) is 23.6 Å². The largest absolute Gasteiger partial charge is 0.478 e. The molecule has 0 radical (unpaired) electrons. The van der Waals surface area contributed by atoms with Gasteiger partial charge in [0, 0.05) is 31.9 Å².